The summed E-state index contributed by atoms with van der Waals surface area (Å²) in [7, 11) is 0. The molecule has 0 N–H and O–H groups in total. The highest BCUT2D eigenvalue weighted by molar-refractivity contribution is 6.41. The Kier molecular flexibility index (Phi) is 2.12. The maximum Gasteiger partial charge on any atom is 0.350 e. The number of esters is 1. The molecule has 0 aromatic heterocycles. The molecule has 2 nitrogen and oxygen atoms in total. The van der Waals surface area contributed by atoms with Gasteiger partial charge in [0.15, 0.2) is 0 Å². The second-order valence-electron chi connectivity index (χ2n) is 2.04. The van der Waals surface area contributed by atoms with E-state index in [1.165, 1.54) is 0 Å². The van der Waals surface area contributed by atoms with E-state index in [0.29, 0.717) is 6.61 Å². The van der Waals surface area contributed by atoms with Gasteiger partial charge in [-0.25, -0.2) is 4.79 Å². The number of hydrogen-bond donors (Lipinski definition) is 0. The summed E-state index contributed by atoms with van der Waals surface area (Å²) in [5.41, 5.74) is 0.954. The molecule has 0 aromatic rings. The number of halogens is 1. The molecule has 10 heavy (non-hydrogen) atoms. The van der Waals surface area contributed by atoms with Crippen LogP contribution in [0.4, 0.5) is 0 Å². The third-order valence-electron chi connectivity index (χ3n) is 1.17. The molecule has 0 saturated heterocycles. The molecule has 0 radical (unpaired) electrons. The Labute approximate surface area is 64.1 Å². The topological polar surface area (TPSA) is 26.3 Å². The lowest BCUT2D eigenvalue weighted by Crippen LogP contribution is -2.01. The summed E-state index contributed by atoms with van der Waals surface area (Å²) < 4.78 is 4.67. The van der Waals surface area contributed by atoms with E-state index in [1.54, 1.807) is 12.2 Å². The Morgan fingerprint density at radius 1 is 1.70 bits per heavy atom. The van der Waals surface area contributed by atoms with Crippen molar-refractivity contribution in [2.24, 2.45) is 0 Å². The van der Waals surface area contributed by atoms with Crippen molar-refractivity contribution < 1.29 is 9.53 Å². The predicted octanol–water partition coefficient (Wildman–Crippen LogP) is 1.61. The first-order valence-electron chi connectivity index (χ1n) is 2.91. The molecule has 0 saturated carbocycles. The van der Waals surface area contributed by atoms with Crippen molar-refractivity contribution in [1.82, 2.24) is 0 Å². The van der Waals surface area contributed by atoms with Crippen LogP contribution in [0.25, 0.3) is 0 Å². The number of carbonyl (C=O) groups is 1. The second kappa shape index (κ2) is 2.88. The molecule has 0 atom stereocenters. The van der Waals surface area contributed by atoms with E-state index in [0.717, 1.165) is 5.57 Å². The number of rotatable bonds is 0. The van der Waals surface area contributed by atoms with Gasteiger partial charge in [0.1, 0.15) is 11.6 Å². The maximum atomic E-state index is 10.7. The Hall–Kier alpha value is -0.760. The molecule has 0 spiro atoms. The zero-order chi connectivity index (χ0) is 7.56. The zero-order valence-corrected chi connectivity index (χ0v) is 6.31. The highest BCUT2D eigenvalue weighted by Gasteiger charge is 2.09. The number of cyclic esters (lactones) is 1. The van der Waals surface area contributed by atoms with Crippen LogP contribution < -0.4 is 0 Å². The molecule has 1 rings (SSSR count). The fourth-order valence-electron chi connectivity index (χ4n) is 0.635. The molecule has 0 fully saturated rings. The van der Waals surface area contributed by atoms with E-state index in [-0.39, 0.29) is 5.03 Å². The van der Waals surface area contributed by atoms with Crippen LogP contribution >= 0.6 is 11.6 Å². The van der Waals surface area contributed by atoms with Crippen LogP contribution in [0, 0.1) is 0 Å². The average molecular weight is 159 g/mol. The lowest BCUT2D eigenvalue weighted by molar-refractivity contribution is -0.136. The third kappa shape index (κ3) is 1.61. The van der Waals surface area contributed by atoms with Crippen LogP contribution in [0.5, 0.6) is 0 Å². The molecule has 0 bridgehead atoms. The van der Waals surface area contributed by atoms with Crippen molar-refractivity contribution in [3.63, 3.8) is 0 Å². The molecule has 1 aliphatic rings. The van der Waals surface area contributed by atoms with Gasteiger partial charge in [0.2, 0.25) is 0 Å². The first-order chi connectivity index (χ1) is 4.70. The molecule has 0 amide bonds. The van der Waals surface area contributed by atoms with Crippen molar-refractivity contribution in [3.8, 4) is 0 Å². The Morgan fingerprint density at radius 3 is 3.10 bits per heavy atom. The van der Waals surface area contributed by atoms with Gasteiger partial charge in [-0.15, -0.1) is 0 Å². The number of allylic oxidation sites excluding steroid dienone is 2. The summed E-state index contributed by atoms with van der Waals surface area (Å²) in [5.74, 6) is -0.449. The van der Waals surface area contributed by atoms with Gasteiger partial charge in [-0.1, -0.05) is 17.2 Å². The van der Waals surface area contributed by atoms with E-state index in [1.807, 2.05) is 6.92 Å². The van der Waals surface area contributed by atoms with Crippen molar-refractivity contribution >= 4 is 17.6 Å². The van der Waals surface area contributed by atoms with E-state index >= 15 is 0 Å². The molecule has 0 aromatic carbocycles. The Morgan fingerprint density at radius 2 is 2.40 bits per heavy atom. The molecule has 3 heteroatoms. The summed E-state index contributed by atoms with van der Waals surface area (Å²) >= 11 is 5.51. The zero-order valence-electron chi connectivity index (χ0n) is 5.56. The van der Waals surface area contributed by atoms with Crippen LogP contribution in [-0.2, 0) is 9.53 Å². The van der Waals surface area contributed by atoms with Crippen LogP contribution in [0.2, 0.25) is 0 Å². The fraction of sp³-hybridized carbons (Fsp3) is 0.286. The van der Waals surface area contributed by atoms with Crippen molar-refractivity contribution in [1.29, 1.82) is 0 Å². The highest BCUT2D eigenvalue weighted by Crippen LogP contribution is 2.11. The minimum Gasteiger partial charge on any atom is -0.457 e. The number of hydrogen-bond acceptors (Lipinski definition) is 2. The first kappa shape index (κ1) is 7.35. The molecule has 0 unspecified atom stereocenters. The summed E-state index contributed by atoms with van der Waals surface area (Å²) in [4.78, 5) is 10.7. The Balaban J connectivity index is 2.85. The fourth-order valence-corrected chi connectivity index (χ4v) is 0.862. The molecule has 1 heterocycles. The Bertz CT molecular complexity index is 216. The summed E-state index contributed by atoms with van der Waals surface area (Å²) in [6.45, 7) is 2.18. The third-order valence-corrected chi connectivity index (χ3v) is 1.43. The standard InChI is InChI=1S/C7H7ClO2/c1-5-2-3-10-7(9)6(8)4-5/h2,4H,3H2,1H3. The van der Waals surface area contributed by atoms with Crippen LogP contribution in [0.15, 0.2) is 22.8 Å². The SMILES string of the molecule is CC1=CCOC(=O)C(Cl)=C1. The van der Waals surface area contributed by atoms with E-state index < -0.39 is 5.97 Å². The normalized spacial score (nSPS) is 18.8. The first-order valence-corrected chi connectivity index (χ1v) is 3.29. The minimum atomic E-state index is -0.449. The largest absolute Gasteiger partial charge is 0.457 e. The van der Waals surface area contributed by atoms with Crippen LogP contribution in [-0.4, -0.2) is 12.6 Å². The molecule has 54 valence electrons. The van der Waals surface area contributed by atoms with Crippen molar-refractivity contribution in [2.75, 3.05) is 6.61 Å². The van der Waals surface area contributed by atoms with Crippen molar-refractivity contribution in [3.05, 3.63) is 22.8 Å². The van der Waals surface area contributed by atoms with E-state index in [4.69, 9.17) is 11.6 Å². The van der Waals surface area contributed by atoms with Gasteiger partial charge in [0.05, 0.1) is 0 Å². The molecule has 0 aliphatic carbocycles. The summed E-state index contributed by atoms with van der Waals surface area (Å²) in [6.07, 6.45) is 3.39. The van der Waals surface area contributed by atoms with Crippen LogP contribution in [0.3, 0.4) is 0 Å². The van der Waals surface area contributed by atoms with E-state index in [2.05, 4.69) is 4.74 Å². The monoisotopic (exact) mass is 158 g/mol. The van der Waals surface area contributed by atoms with Gasteiger partial charge in [-0.2, -0.15) is 0 Å². The number of carbonyl (C=O) groups excluding carboxylic acids is 1. The second-order valence-corrected chi connectivity index (χ2v) is 2.45. The van der Waals surface area contributed by atoms with Gasteiger partial charge >= 0.3 is 5.97 Å². The van der Waals surface area contributed by atoms with Crippen molar-refractivity contribution in [2.45, 2.75) is 6.92 Å². The lowest BCUT2D eigenvalue weighted by atomic mass is 10.3. The van der Waals surface area contributed by atoms with E-state index in [9.17, 15) is 4.79 Å². The van der Waals surface area contributed by atoms with Gasteiger partial charge in [-0.05, 0) is 19.1 Å². The smallest absolute Gasteiger partial charge is 0.350 e. The van der Waals surface area contributed by atoms with Crippen LogP contribution in [0.1, 0.15) is 6.92 Å². The number of ether oxygens (including phenoxy) is 1. The minimum absolute atomic E-state index is 0.145. The lowest BCUT2D eigenvalue weighted by Gasteiger charge is -1.94. The predicted molar refractivity (Wildman–Crippen MR) is 38.7 cm³/mol. The molecular weight excluding hydrogens is 152 g/mol. The van der Waals surface area contributed by atoms with Gasteiger partial charge in [-0.3, -0.25) is 0 Å². The average Bonchev–Trinajstić information content (AvgIpc) is 1.96. The maximum absolute atomic E-state index is 10.7. The van der Waals surface area contributed by atoms with Gasteiger partial charge < -0.3 is 4.74 Å². The summed E-state index contributed by atoms with van der Waals surface area (Å²) in [5, 5.41) is 0.145. The quantitative estimate of drug-likeness (QED) is 0.501. The van der Waals surface area contributed by atoms with Gasteiger partial charge in [0.25, 0.3) is 0 Å². The molecule has 1 aliphatic heterocycles. The molecular formula is C7H7ClO2. The summed E-state index contributed by atoms with van der Waals surface area (Å²) in [6, 6.07) is 0. The highest BCUT2D eigenvalue weighted by atomic mass is 35.5. The van der Waals surface area contributed by atoms with Gasteiger partial charge in [0, 0.05) is 0 Å².